The summed E-state index contributed by atoms with van der Waals surface area (Å²) in [5.74, 6) is -0.811. The van der Waals surface area contributed by atoms with Gasteiger partial charge >= 0.3 is 12.0 Å². The van der Waals surface area contributed by atoms with Crippen molar-refractivity contribution in [2.45, 2.75) is 12.2 Å². The maximum atomic E-state index is 12.3. The Kier molecular flexibility index (Phi) is 4.95. The number of carbonyl (C=O) groups excluding carboxylic acids is 1. The highest BCUT2D eigenvalue weighted by molar-refractivity contribution is 7.99. The Bertz CT molecular complexity index is 550. The SMILES string of the molecule is CSC(C)CNC(=O)N1CCOc2c(C(=O)O)cccc21. The molecule has 2 amide bonds. The molecular formula is C14H18N2O4S. The van der Waals surface area contributed by atoms with Crippen LogP contribution in [0.15, 0.2) is 18.2 Å². The number of ether oxygens (including phenoxy) is 1. The van der Waals surface area contributed by atoms with Gasteiger partial charge < -0.3 is 15.2 Å². The molecular weight excluding hydrogens is 292 g/mol. The molecule has 114 valence electrons. The van der Waals surface area contributed by atoms with E-state index < -0.39 is 5.97 Å². The highest BCUT2D eigenvalue weighted by atomic mass is 32.2. The maximum Gasteiger partial charge on any atom is 0.339 e. The Morgan fingerprint density at radius 1 is 1.52 bits per heavy atom. The minimum Gasteiger partial charge on any atom is -0.489 e. The summed E-state index contributed by atoms with van der Waals surface area (Å²) >= 11 is 1.67. The zero-order chi connectivity index (χ0) is 15.4. The van der Waals surface area contributed by atoms with E-state index in [0.29, 0.717) is 24.0 Å². The highest BCUT2D eigenvalue weighted by Crippen LogP contribution is 2.34. The first-order valence-electron chi connectivity index (χ1n) is 6.62. The van der Waals surface area contributed by atoms with Gasteiger partial charge in [-0.05, 0) is 18.4 Å². The molecule has 0 radical (unpaired) electrons. The van der Waals surface area contributed by atoms with Gasteiger partial charge in [0.1, 0.15) is 12.2 Å². The van der Waals surface area contributed by atoms with Crippen LogP contribution in [0, 0.1) is 0 Å². The lowest BCUT2D eigenvalue weighted by Gasteiger charge is -2.30. The normalized spacial score (nSPS) is 14.9. The van der Waals surface area contributed by atoms with Crippen LogP contribution < -0.4 is 15.0 Å². The van der Waals surface area contributed by atoms with Crippen LogP contribution >= 0.6 is 11.8 Å². The van der Waals surface area contributed by atoms with E-state index >= 15 is 0 Å². The zero-order valence-corrected chi connectivity index (χ0v) is 12.8. The van der Waals surface area contributed by atoms with Crippen molar-refractivity contribution in [2.75, 3.05) is 30.9 Å². The summed E-state index contributed by atoms with van der Waals surface area (Å²) < 4.78 is 5.44. The number of hydrogen-bond donors (Lipinski definition) is 2. The molecule has 6 nitrogen and oxygen atoms in total. The van der Waals surface area contributed by atoms with Gasteiger partial charge in [0.2, 0.25) is 0 Å². The largest absolute Gasteiger partial charge is 0.489 e. The molecule has 2 N–H and O–H groups in total. The summed E-state index contributed by atoms with van der Waals surface area (Å²) in [5, 5.41) is 12.3. The van der Waals surface area contributed by atoms with Gasteiger partial charge in [0.05, 0.1) is 12.2 Å². The number of carboxylic acid groups (broad SMARTS) is 1. The monoisotopic (exact) mass is 310 g/mol. The van der Waals surface area contributed by atoms with Gasteiger partial charge in [0, 0.05) is 11.8 Å². The number of aromatic carboxylic acids is 1. The number of anilines is 1. The quantitative estimate of drug-likeness (QED) is 0.890. The van der Waals surface area contributed by atoms with Gasteiger partial charge in [0.15, 0.2) is 5.75 Å². The van der Waals surface area contributed by atoms with Crippen LogP contribution in [-0.2, 0) is 0 Å². The number of rotatable bonds is 4. The molecule has 0 aliphatic carbocycles. The predicted molar refractivity (Wildman–Crippen MR) is 82.6 cm³/mol. The molecule has 1 heterocycles. The number of carbonyl (C=O) groups is 2. The van der Waals surface area contributed by atoms with Crippen molar-refractivity contribution in [3.8, 4) is 5.75 Å². The first-order chi connectivity index (χ1) is 10.0. The number of nitrogens with one attached hydrogen (secondary N) is 1. The maximum absolute atomic E-state index is 12.3. The lowest BCUT2D eigenvalue weighted by atomic mass is 10.1. The van der Waals surface area contributed by atoms with Gasteiger partial charge in [-0.25, -0.2) is 9.59 Å². The fraction of sp³-hybridized carbons (Fsp3) is 0.429. The van der Waals surface area contributed by atoms with Gasteiger partial charge in [-0.1, -0.05) is 13.0 Å². The Labute approximate surface area is 127 Å². The molecule has 1 aliphatic rings. The number of nitrogens with zero attached hydrogens (tertiary/aromatic N) is 1. The molecule has 1 aromatic rings. The van der Waals surface area contributed by atoms with Crippen molar-refractivity contribution >= 4 is 29.4 Å². The number of amides is 2. The Morgan fingerprint density at radius 3 is 2.95 bits per heavy atom. The summed E-state index contributed by atoms with van der Waals surface area (Å²) in [4.78, 5) is 25.0. The van der Waals surface area contributed by atoms with Crippen molar-refractivity contribution in [1.82, 2.24) is 5.32 Å². The van der Waals surface area contributed by atoms with Crippen LogP contribution in [0.5, 0.6) is 5.75 Å². The molecule has 7 heteroatoms. The van der Waals surface area contributed by atoms with Crippen molar-refractivity contribution in [2.24, 2.45) is 0 Å². The second-order valence-electron chi connectivity index (χ2n) is 4.69. The molecule has 0 saturated carbocycles. The van der Waals surface area contributed by atoms with Gasteiger partial charge in [-0.15, -0.1) is 0 Å². The lowest BCUT2D eigenvalue weighted by Crippen LogP contribution is -2.46. The predicted octanol–water partition coefficient (Wildman–Crippen LogP) is 2.04. The molecule has 1 aliphatic heterocycles. The zero-order valence-electron chi connectivity index (χ0n) is 12.0. The number of carboxylic acids is 1. The molecule has 0 bridgehead atoms. The van der Waals surface area contributed by atoms with Crippen molar-refractivity contribution in [3.63, 3.8) is 0 Å². The molecule has 0 saturated heterocycles. The van der Waals surface area contributed by atoms with Crippen LogP contribution in [0.3, 0.4) is 0 Å². The van der Waals surface area contributed by atoms with E-state index in [2.05, 4.69) is 5.32 Å². The fourth-order valence-electron chi connectivity index (χ4n) is 2.04. The third-order valence-electron chi connectivity index (χ3n) is 3.27. The number of para-hydroxylation sites is 1. The summed E-state index contributed by atoms with van der Waals surface area (Å²) in [7, 11) is 0. The molecule has 1 unspecified atom stereocenters. The van der Waals surface area contributed by atoms with Crippen LogP contribution in [0.25, 0.3) is 0 Å². The molecule has 0 fully saturated rings. The standard InChI is InChI=1S/C14H18N2O4S/c1-9(21-2)8-15-14(19)16-6-7-20-12-10(13(17)18)4-3-5-11(12)16/h3-5,9H,6-8H2,1-2H3,(H,15,19)(H,17,18). The van der Waals surface area contributed by atoms with Crippen molar-refractivity contribution < 1.29 is 19.4 Å². The molecule has 2 rings (SSSR count). The smallest absolute Gasteiger partial charge is 0.339 e. The molecule has 1 aromatic carbocycles. The Morgan fingerprint density at radius 2 is 2.29 bits per heavy atom. The van der Waals surface area contributed by atoms with Crippen LogP contribution in [-0.4, -0.2) is 48.3 Å². The third kappa shape index (κ3) is 3.41. The van der Waals surface area contributed by atoms with E-state index in [0.717, 1.165) is 0 Å². The highest BCUT2D eigenvalue weighted by Gasteiger charge is 2.27. The minimum atomic E-state index is -1.06. The van der Waals surface area contributed by atoms with Gasteiger partial charge in [0.25, 0.3) is 0 Å². The first-order valence-corrected chi connectivity index (χ1v) is 7.90. The topological polar surface area (TPSA) is 78.9 Å². The summed E-state index contributed by atoms with van der Waals surface area (Å²) in [5.41, 5.74) is 0.568. The summed E-state index contributed by atoms with van der Waals surface area (Å²) in [6.07, 6.45) is 1.99. The molecule has 1 atom stereocenters. The van der Waals surface area contributed by atoms with Crippen LogP contribution in [0.1, 0.15) is 17.3 Å². The van der Waals surface area contributed by atoms with Crippen molar-refractivity contribution in [3.05, 3.63) is 23.8 Å². The second kappa shape index (κ2) is 6.71. The van der Waals surface area contributed by atoms with Crippen LogP contribution in [0.2, 0.25) is 0 Å². The average Bonchev–Trinajstić information content (AvgIpc) is 2.50. The Balaban J connectivity index is 2.20. The van der Waals surface area contributed by atoms with E-state index in [4.69, 9.17) is 4.74 Å². The van der Waals surface area contributed by atoms with E-state index in [1.807, 2.05) is 13.2 Å². The van der Waals surface area contributed by atoms with E-state index in [1.54, 1.807) is 23.9 Å². The first kappa shape index (κ1) is 15.5. The number of urea groups is 1. The number of benzene rings is 1. The number of fused-ring (bicyclic) bond motifs is 1. The lowest BCUT2D eigenvalue weighted by molar-refractivity contribution is 0.0692. The number of hydrogen-bond acceptors (Lipinski definition) is 4. The fourth-order valence-corrected chi connectivity index (χ4v) is 2.29. The molecule has 0 spiro atoms. The minimum absolute atomic E-state index is 0.0717. The van der Waals surface area contributed by atoms with Gasteiger partial charge in [-0.3, -0.25) is 4.90 Å². The number of thioether (sulfide) groups is 1. The molecule has 21 heavy (non-hydrogen) atoms. The molecule has 0 aromatic heterocycles. The Hall–Kier alpha value is -1.89. The van der Waals surface area contributed by atoms with E-state index in [1.165, 1.54) is 11.0 Å². The second-order valence-corrected chi connectivity index (χ2v) is 5.97. The third-order valence-corrected chi connectivity index (χ3v) is 4.24. The average molecular weight is 310 g/mol. The summed E-state index contributed by atoms with van der Waals surface area (Å²) in [6, 6.07) is 4.54. The van der Waals surface area contributed by atoms with Gasteiger partial charge in [-0.2, -0.15) is 11.8 Å². The van der Waals surface area contributed by atoms with Crippen molar-refractivity contribution in [1.29, 1.82) is 0 Å². The summed E-state index contributed by atoms with van der Waals surface area (Å²) in [6.45, 7) is 3.27. The van der Waals surface area contributed by atoms with E-state index in [9.17, 15) is 14.7 Å². The van der Waals surface area contributed by atoms with Crippen LogP contribution in [0.4, 0.5) is 10.5 Å². The van der Waals surface area contributed by atoms with E-state index in [-0.39, 0.29) is 24.0 Å².